The Morgan fingerprint density at radius 2 is 2.11 bits per heavy atom. The average molecular weight is 255 g/mol. The van der Waals surface area contributed by atoms with E-state index >= 15 is 0 Å². The molecule has 1 heterocycles. The zero-order valence-electron chi connectivity index (χ0n) is 9.59. The van der Waals surface area contributed by atoms with Crippen molar-refractivity contribution < 1.29 is 13.2 Å². The molecule has 1 aliphatic rings. The second kappa shape index (κ2) is 4.50. The van der Waals surface area contributed by atoms with Gasteiger partial charge in [0.05, 0.1) is 17.8 Å². The maximum atomic E-state index is 12.3. The van der Waals surface area contributed by atoms with Crippen molar-refractivity contribution in [3.8, 4) is 6.07 Å². The van der Waals surface area contributed by atoms with Crippen LogP contribution in [0.5, 0.6) is 0 Å². The number of hydrogen-bond donors (Lipinski definition) is 1. The van der Waals surface area contributed by atoms with Gasteiger partial charge in [0.15, 0.2) is 0 Å². The van der Waals surface area contributed by atoms with Crippen molar-refractivity contribution in [2.75, 3.05) is 18.8 Å². The molecule has 1 aromatic carbocycles. The van der Waals surface area contributed by atoms with Crippen LogP contribution in [0.15, 0.2) is 12.1 Å². The monoisotopic (exact) mass is 255 g/mol. The summed E-state index contributed by atoms with van der Waals surface area (Å²) in [7, 11) is 0. The van der Waals surface area contributed by atoms with E-state index in [0.717, 1.165) is 11.1 Å². The van der Waals surface area contributed by atoms with Crippen molar-refractivity contribution in [2.45, 2.75) is 19.1 Å². The van der Waals surface area contributed by atoms with Gasteiger partial charge in [-0.15, -0.1) is 0 Å². The highest BCUT2D eigenvalue weighted by molar-refractivity contribution is 5.62. The molecule has 18 heavy (non-hydrogen) atoms. The highest BCUT2D eigenvalue weighted by Gasteiger charge is 2.32. The van der Waals surface area contributed by atoms with Crippen molar-refractivity contribution in [1.82, 2.24) is 4.90 Å². The molecule has 96 valence electrons. The number of nitrogens with two attached hydrogens (primary N) is 1. The molecule has 1 aromatic rings. The van der Waals surface area contributed by atoms with E-state index in [-0.39, 0.29) is 6.54 Å². The number of hydrogen-bond acceptors (Lipinski definition) is 3. The van der Waals surface area contributed by atoms with E-state index in [1.165, 1.54) is 4.90 Å². The number of alkyl halides is 3. The van der Waals surface area contributed by atoms with Crippen LogP contribution in [0.3, 0.4) is 0 Å². The summed E-state index contributed by atoms with van der Waals surface area (Å²) in [6, 6.07) is 5.22. The topological polar surface area (TPSA) is 53.1 Å². The second-order valence-corrected chi connectivity index (χ2v) is 4.35. The van der Waals surface area contributed by atoms with Crippen LogP contribution in [0.4, 0.5) is 18.9 Å². The van der Waals surface area contributed by atoms with Crippen LogP contribution in [0.1, 0.15) is 16.7 Å². The van der Waals surface area contributed by atoms with Crippen molar-refractivity contribution in [3.05, 3.63) is 28.8 Å². The molecule has 0 radical (unpaired) electrons. The Bertz CT molecular complexity index is 503. The Morgan fingerprint density at radius 3 is 2.72 bits per heavy atom. The fourth-order valence-electron chi connectivity index (χ4n) is 2.23. The average Bonchev–Trinajstić information content (AvgIpc) is 2.27. The third-order valence-corrected chi connectivity index (χ3v) is 3.05. The first-order valence-corrected chi connectivity index (χ1v) is 5.50. The van der Waals surface area contributed by atoms with Gasteiger partial charge in [-0.05, 0) is 23.6 Å². The van der Waals surface area contributed by atoms with E-state index in [2.05, 4.69) is 0 Å². The normalized spacial score (nSPS) is 16.1. The van der Waals surface area contributed by atoms with Gasteiger partial charge in [-0.1, -0.05) is 6.07 Å². The summed E-state index contributed by atoms with van der Waals surface area (Å²) >= 11 is 0. The molecule has 2 N–H and O–H groups in total. The van der Waals surface area contributed by atoms with E-state index in [1.54, 1.807) is 12.1 Å². The number of anilines is 1. The van der Waals surface area contributed by atoms with Crippen LogP contribution in [-0.4, -0.2) is 24.2 Å². The summed E-state index contributed by atoms with van der Waals surface area (Å²) in [6.45, 7) is -0.372. The predicted octanol–water partition coefficient (Wildman–Crippen LogP) is 2.06. The van der Waals surface area contributed by atoms with Crippen LogP contribution in [0.25, 0.3) is 0 Å². The first kappa shape index (κ1) is 12.7. The van der Waals surface area contributed by atoms with E-state index in [0.29, 0.717) is 24.2 Å². The van der Waals surface area contributed by atoms with Gasteiger partial charge in [0.25, 0.3) is 0 Å². The van der Waals surface area contributed by atoms with E-state index in [1.807, 2.05) is 6.07 Å². The maximum Gasteiger partial charge on any atom is 0.401 e. The minimum Gasteiger partial charge on any atom is -0.397 e. The molecule has 0 aliphatic carbocycles. The Kier molecular flexibility index (Phi) is 3.18. The quantitative estimate of drug-likeness (QED) is 0.781. The van der Waals surface area contributed by atoms with Gasteiger partial charge in [0.2, 0.25) is 0 Å². The van der Waals surface area contributed by atoms with Gasteiger partial charge in [0.1, 0.15) is 6.07 Å². The Labute approximate surface area is 103 Å². The zero-order valence-corrected chi connectivity index (χ0v) is 9.59. The largest absolute Gasteiger partial charge is 0.401 e. The molecule has 0 atom stereocenters. The lowest BCUT2D eigenvalue weighted by Crippen LogP contribution is -2.38. The van der Waals surface area contributed by atoms with Gasteiger partial charge >= 0.3 is 6.18 Å². The lowest BCUT2D eigenvalue weighted by molar-refractivity contribution is -0.147. The van der Waals surface area contributed by atoms with Gasteiger partial charge in [0, 0.05) is 13.1 Å². The number of nitrogens with zero attached hydrogens (tertiary/aromatic N) is 2. The molecule has 0 saturated heterocycles. The van der Waals surface area contributed by atoms with Crippen LogP contribution in [-0.2, 0) is 13.0 Å². The Hall–Kier alpha value is -1.74. The van der Waals surface area contributed by atoms with Crippen molar-refractivity contribution in [1.29, 1.82) is 5.26 Å². The lowest BCUT2D eigenvalue weighted by atomic mass is 9.95. The fraction of sp³-hybridized carbons (Fsp3) is 0.417. The minimum atomic E-state index is -4.18. The van der Waals surface area contributed by atoms with Gasteiger partial charge < -0.3 is 5.73 Å². The number of halogens is 3. The standard InChI is InChI=1S/C12H12F3N3/c13-12(14,15)7-18-4-3-10-9(6-18)2-1-8(5-16)11(10)17/h1-2H,3-4,6-7,17H2. The summed E-state index contributed by atoms with van der Waals surface area (Å²) in [4.78, 5) is 1.34. The van der Waals surface area contributed by atoms with Crippen LogP contribution in [0, 0.1) is 11.3 Å². The Morgan fingerprint density at radius 1 is 1.39 bits per heavy atom. The third-order valence-electron chi connectivity index (χ3n) is 3.05. The molecule has 6 heteroatoms. The number of nitriles is 1. The van der Waals surface area contributed by atoms with E-state index < -0.39 is 12.7 Å². The fourth-order valence-corrected chi connectivity index (χ4v) is 2.23. The SMILES string of the molecule is N#Cc1ccc2c(c1N)CCN(CC(F)(F)F)C2. The molecule has 0 saturated carbocycles. The lowest BCUT2D eigenvalue weighted by Gasteiger charge is -2.30. The molecular formula is C12H12F3N3. The number of nitrogen functional groups attached to an aromatic ring is 1. The number of benzene rings is 1. The first-order valence-electron chi connectivity index (χ1n) is 5.50. The van der Waals surface area contributed by atoms with Gasteiger partial charge in [-0.25, -0.2) is 0 Å². The summed E-state index contributed by atoms with van der Waals surface area (Å²) < 4.78 is 36.9. The van der Waals surface area contributed by atoms with E-state index in [9.17, 15) is 13.2 Å². The van der Waals surface area contributed by atoms with Crippen molar-refractivity contribution >= 4 is 5.69 Å². The molecule has 1 aliphatic heterocycles. The highest BCUT2D eigenvalue weighted by Crippen LogP contribution is 2.28. The second-order valence-electron chi connectivity index (χ2n) is 4.35. The first-order chi connectivity index (χ1) is 8.40. The van der Waals surface area contributed by atoms with Gasteiger partial charge in [-0.3, -0.25) is 4.90 Å². The summed E-state index contributed by atoms with van der Waals surface area (Å²) in [5.41, 5.74) is 8.21. The molecule has 0 bridgehead atoms. The minimum absolute atomic E-state index is 0.227. The molecular weight excluding hydrogens is 243 g/mol. The van der Waals surface area contributed by atoms with Crippen LogP contribution < -0.4 is 5.73 Å². The van der Waals surface area contributed by atoms with Gasteiger partial charge in [-0.2, -0.15) is 18.4 Å². The van der Waals surface area contributed by atoms with Crippen LogP contribution >= 0.6 is 0 Å². The van der Waals surface area contributed by atoms with Crippen molar-refractivity contribution in [3.63, 3.8) is 0 Å². The molecule has 0 unspecified atom stereocenters. The molecule has 0 aromatic heterocycles. The molecule has 3 nitrogen and oxygen atoms in total. The molecule has 0 amide bonds. The smallest absolute Gasteiger partial charge is 0.397 e. The predicted molar refractivity (Wildman–Crippen MR) is 60.6 cm³/mol. The van der Waals surface area contributed by atoms with E-state index in [4.69, 9.17) is 11.0 Å². The number of rotatable bonds is 1. The number of fused-ring (bicyclic) bond motifs is 1. The maximum absolute atomic E-state index is 12.3. The molecule has 0 spiro atoms. The summed E-state index contributed by atoms with van der Waals surface area (Å²) in [5.74, 6) is 0. The Balaban J connectivity index is 2.22. The van der Waals surface area contributed by atoms with Crippen LogP contribution in [0.2, 0.25) is 0 Å². The highest BCUT2D eigenvalue weighted by atomic mass is 19.4. The van der Waals surface area contributed by atoms with Crippen molar-refractivity contribution in [2.24, 2.45) is 0 Å². The zero-order chi connectivity index (χ0) is 13.3. The third kappa shape index (κ3) is 2.57. The molecule has 0 fully saturated rings. The summed E-state index contributed by atoms with van der Waals surface area (Å²) in [6.07, 6.45) is -3.73. The molecule has 2 rings (SSSR count). The summed E-state index contributed by atoms with van der Waals surface area (Å²) in [5, 5.41) is 8.84.